The third kappa shape index (κ3) is 5.97. The van der Waals surface area contributed by atoms with Crippen molar-refractivity contribution < 1.29 is 18.9 Å². The molecule has 0 unspecified atom stereocenters. The maximum absolute atomic E-state index is 4.19. The van der Waals surface area contributed by atoms with Crippen LogP contribution in [-0.2, 0) is 0 Å². The van der Waals surface area contributed by atoms with Gasteiger partial charge in [0.2, 0.25) is 0 Å². The van der Waals surface area contributed by atoms with E-state index in [0.29, 0.717) is 0 Å². The fraction of sp³-hybridized carbons (Fsp3) is 1.00. The van der Waals surface area contributed by atoms with Gasteiger partial charge in [-0.15, -0.1) is 0 Å². The molecule has 68 valence electrons. The first-order chi connectivity index (χ1) is 4.95. The van der Waals surface area contributed by atoms with E-state index in [2.05, 4.69) is 5.53 Å². The number of hydrogen-bond acceptors (Lipinski definition) is 4. The maximum Gasteiger partial charge on any atom is 1.00 e. The Hall–Kier alpha value is 0.397. The van der Waals surface area contributed by atoms with Gasteiger partial charge in [0.15, 0.2) is 0 Å². The van der Waals surface area contributed by atoms with Gasteiger partial charge in [0, 0.05) is 0 Å². The smallest absolute Gasteiger partial charge is 0.497 e. The average molecular weight is 167 g/mol. The van der Waals surface area contributed by atoms with Crippen molar-refractivity contribution in [3.05, 3.63) is 5.53 Å². The van der Waals surface area contributed by atoms with E-state index in [1.807, 2.05) is 52.3 Å². The van der Waals surface area contributed by atoms with E-state index in [-0.39, 0.29) is 18.9 Å². The third-order valence-corrected chi connectivity index (χ3v) is 1.42. The summed E-state index contributed by atoms with van der Waals surface area (Å²) in [6, 6.07) is 0. The van der Waals surface area contributed by atoms with Crippen molar-refractivity contribution in [3.8, 4) is 0 Å². The van der Waals surface area contributed by atoms with Crippen LogP contribution >= 0.6 is 0 Å². The first-order valence-electron chi connectivity index (χ1n) is 3.48. The molecule has 0 aromatic heterocycles. The Labute approximate surface area is 87.3 Å². The van der Waals surface area contributed by atoms with Crippen LogP contribution in [0.2, 0.25) is 0 Å². The van der Waals surface area contributed by atoms with Crippen molar-refractivity contribution in [2.45, 2.75) is 0 Å². The average Bonchev–Trinajstić information content (AvgIpc) is 1.87. The van der Waals surface area contributed by atoms with E-state index in [1.54, 1.807) is 10.2 Å². The van der Waals surface area contributed by atoms with Gasteiger partial charge in [-0.05, 0) is 42.3 Å². The summed E-state index contributed by atoms with van der Waals surface area (Å²) in [5.74, 6) is 0. The Morgan fingerprint density at radius 1 is 0.667 bits per heavy atom. The summed E-state index contributed by atoms with van der Waals surface area (Å²) in [4.78, 5) is 0. The zero-order chi connectivity index (χ0) is 9.02. The second-order valence-corrected chi connectivity index (χ2v) is 2.76. The number of rotatable bonds is 4. The molecule has 6 heteroatoms. The molecule has 12 heavy (non-hydrogen) atoms. The Balaban J connectivity index is 0. The molecule has 0 rings (SSSR count). The van der Waals surface area contributed by atoms with Gasteiger partial charge >= 0.3 is 18.9 Å². The van der Waals surface area contributed by atoms with Crippen LogP contribution in [0.25, 0.3) is 5.53 Å². The quantitative estimate of drug-likeness (QED) is 0.329. The van der Waals surface area contributed by atoms with E-state index < -0.39 is 0 Å². The molecular weight excluding hydrogens is 149 g/mol. The van der Waals surface area contributed by atoms with Crippen molar-refractivity contribution in [3.63, 3.8) is 0 Å². The largest absolute Gasteiger partial charge is 1.00 e. The van der Waals surface area contributed by atoms with Crippen molar-refractivity contribution in [1.29, 1.82) is 0 Å². The van der Waals surface area contributed by atoms with Gasteiger partial charge in [0.1, 0.15) is 0 Å². The minimum absolute atomic E-state index is 0. The molecule has 0 heterocycles. The zero-order valence-corrected chi connectivity index (χ0v) is 9.24. The fourth-order valence-corrected chi connectivity index (χ4v) is 0.347. The Morgan fingerprint density at radius 3 is 1.08 bits per heavy atom. The summed E-state index contributed by atoms with van der Waals surface area (Å²) in [7, 11) is 11.5. The van der Waals surface area contributed by atoms with E-state index in [9.17, 15) is 0 Å². The number of hydrazine groups is 2. The van der Waals surface area contributed by atoms with Gasteiger partial charge in [-0.2, -0.15) is 0 Å². The Morgan fingerprint density at radius 2 is 0.917 bits per heavy atom. The maximum atomic E-state index is 4.19. The van der Waals surface area contributed by atoms with E-state index >= 15 is 0 Å². The van der Waals surface area contributed by atoms with E-state index in [4.69, 9.17) is 0 Å². The second kappa shape index (κ2) is 6.86. The molecule has 0 atom stereocenters. The summed E-state index contributed by atoms with van der Waals surface area (Å²) >= 11 is 0. The van der Waals surface area contributed by atoms with Crippen LogP contribution in [0.3, 0.4) is 0 Å². The second-order valence-electron chi connectivity index (χ2n) is 2.76. The molecule has 0 aromatic carbocycles. The van der Waals surface area contributed by atoms with Gasteiger partial charge < -0.3 is 15.8 Å². The van der Waals surface area contributed by atoms with Crippen LogP contribution in [0.1, 0.15) is 0 Å². The van der Waals surface area contributed by atoms with Crippen molar-refractivity contribution in [2.75, 3.05) is 42.3 Å². The molecule has 0 amide bonds. The molecule has 0 fully saturated rings. The normalized spacial score (nSPS) is 11.5. The monoisotopic (exact) mass is 167 g/mol. The fourth-order valence-electron chi connectivity index (χ4n) is 0.347. The van der Waals surface area contributed by atoms with Crippen LogP contribution < -0.4 is 18.9 Å². The molecule has 0 saturated heterocycles. The minimum atomic E-state index is 0. The molecule has 0 aromatic rings. The first-order valence-corrected chi connectivity index (χ1v) is 3.48. The summed E-state index contributed by atoms with van der Waals surface area (Å²) in [6.45, 7) is 0. The molecule has 0 aliphatic heterocycles. The SMILES string of the molecule is CN(C)N(C)[N-]N(C)N(C)C.[Li+]. The van der Waals surface area contributed by atoms with Gasteiger partial charge in [0.25, 0.3) is 0 Å². The molecule has 0 N–H and O–H groups in total. The summed E-state index contributed by atoms with van der Waals surface area (Å²) < 4.78 is 0. The number of hydrogen-bond donors (Lipinski definition) is 0. The topological polar surface area (TPSA) is 27.1 Å². The molecule has 0 radical (unpaired) electrons. The predicted octanol–water partition coefficient (Wildman–Crippen LogP) is -2.99. The van der Waals surface area contributed by atoms with Gasteiger partial charge in [0.05, 0.1) is 0 Å². The van der Waals surface area contributed by atoms with E-state index in [1.165, 1.54) is 0 Å². The molecule has 0 aliphatic rings. The van der Waals surface area contributed by atoms with Gasteiger partial charge in [-0.1, -0.05) is 0 Å². The van der Waals surface area contributed by atoms with Crippen LogP contribution in [0.4, 0.5) is 0 Å². The Bertz CT molecular complexity index is 96.1. The van der Waals surface area contributed by atoms with Crippen molar-refractivity contribution in [2.24, 2.45) is 0 Å². The van der Waals surface area contributed by atoms with E-state index in [0.717, 1.165) is 0 Å². The molecule has 0 aliphatic carbocycles. The molecule has 5 nitrogen and oxygen atoms in total. The number of nitrogens with zero attached hydrogens (tertiary/aromatic N) is 5. The van der Waals surface area contributed by atoms with Crippen LogP contribution in [0.5, 0.6) is 0 Å². The molecular formula is C6H18LiN5. The molecule has 0 spiro atoms. The van der Waals surface area contributed by atoms with Crippen LogP contribution in [0, 0.1) is 0 Å². The van der Waals surface area contributed by atoms with Crippen LogP contribution in [-0.4, -0.2) is 62.5 Å². The Kier molecular flexibility index (Phi) is 8.52. The van der Waals surface area contributed by atoms with Crippen molar-refractivity contribution >= 4 is 0 Å². The summed E-state index contributed by atoms with van der Waals surface area (Å²) in [5.41, 5.74) is 4.19. The summed E-state index contributed by atoms with van der Waals surface area (Å²) in [5, 5.41) is 7.28. The van der Waals surface area contributed by atoms with Gasteiger partial charge in [-0.25, -0.2) is 0 Å². The van der Waals surface area contributed by atoms with Crippen molar-refractivity contribution in [1.82, 2.24) is 20.3 Å². The molecule has 0 bridgehead atoms. The third-order valence-electron chi connectivity index (χ3n) is 1.42. The standard InChI is InChI=1S/C6H18N5.Li/c1-8(2)10(5)7-11(6)9(3)4;/h1-6H3;/q-1;+1. The zero-order valence-electron chi connectivity index (χ0n) is 9.24. The van der Waals surface area contributed by atoms with Crippen LogP contribution in [0.15, 0.2) is 0 Å². The molecule has 0 saturated carbocycles. The predicted molar refractivity (Wildman–Crippen MR) is 46.3 cm³/mol. The summed E-state index contributed by atoms with van der Waals surface area (Å²) in [6.07, 6.45) is 0. The first kappa shape index (κ1) is 14.9. The minimum Gasteiger partial charge on any atom is -0.497 e. The van der Waals surface area contributed by atoms with Gasteiger partial charge in [-0.3, -0.25) is 10.0 Å².